The quantitative estimate of drug-likeness (QED) is 0.312. The molecule has 0 aromatic heterocycles. The van der Waals surface area contributed by atoms with Crippen LogP contribution >= 0.6 is 11.6 Å². The van der Waals surface area contributed by atoms with Crippen molar-refractivity contribution in [3.63, 3.8) is 0 Å². The van der Waals surface area contributed by atoms with E-state index in [9.17, 15) is 14.9 Å². The molecule has 0 bridgehead atoms. The summed E-state index contributed by atoms with van der Waals surface area (Å²) in [6.45, 7) is 3.64. The molecule has 2 aliphatic heterocycles. The molecular weight excluding hydrogens is 426 g/mol. The molecular formula is C25H30ClN3O3. The van der Waals surface area contributed by atoms with Crippen molar-refractivity contribution in [3.05, 3.63) is 74.8 Å². The highest BCUT2D eigenvalue weighted by atomic mass is 35.5. The van der Waals surface area contributed by atoms with Gasteiger partial charge in [0.15, 0.2) is 5.78 Å². The van der Waals surface area contributed by atoms with E-state index in [1.54, 1.807) is 24.3 Å². The predicted molar refractivity (Wildman–Crippen MR) is 126 cm³/mol. The maximum absolute atomic E-state index is 14.0. The topological polar surface area (TPSA) is 66.7 Å². The summed E-state index contributed by atoms with van der Waals surface area (Å²) in [5.74, 6) is 0.0949. The molecule has 2 aromatic rings. The van der Waals surface area contributed by atoms with Crippen molar-refractivity contribution in [2.75, 3.05) is 26.2 Å². The third-order valence-electron chi connectivity index (χ3n) is 6.71. The van der Waals surface area contributed by atoms with Gasteiger partial charge in [0.05, 0.1) is 17.0 Å². The molecule has 32 heavy (non-hydrogen) atoms. The van der Waals surface area contributed by atoms with Crippen LogP contribution in [0.15, 0.2) is 48.5 Å². The van der Waals surface area contributed by atoms with Crippen LogP contribution in [-0.2, 0) is 0 Å². The number of likely N-dealkylation sites (tertiary alicyclic amines) is 2. The molecule has 4 rings (SSSR count). The Morgan fingerprint density at radius 3 is 1.88 bits per heavy atom. The molecule has 0 saturated carbocycles. The Kier molecular flexibility index (Phi) is 7.55. The third kappa shape index (κ3) is 5.20. The number of carbonyl (C=O) groups is 1. The second-order valence-electron chi connectivity index (χ2n) is 8.80. The second-order valence-corrected chi connectivity index (χ2v) is 9.24. The first kappa shape index (κ1) is 22.9. The van der Waals surface area contributed by atoms with E-state index in [4.69, 9.17) is 11.6 Å². The standard InChI is InChI=1S/C25H30ClN3O3/c26-21-11-7-20(8-12-21)25(30)24(28-17-5-2-6-18-28)23(27-15-3-1-4-16-27)19-9-13-22(14-10-19)29(31)32/h7-14,23-24H,1-6,15-18H2/t23-,24+/m0/s1. The number of halogens is 1. The molecule has 7 heteroatoms. The number of nitrogens with zero attached hydrogens (tertiary/aromatic N) is 3. The van der Waals surface area contributed by atoms with E-state index in [1.807, 2.05) is 24.3 Å². The van der Waals surface area contributed by atoms with E-state index in [0.717, 1.165) is 57.4 Å². The van der Waals surface area contributed by atoms with Gasteiger partial charge < -0.3 is 0 Å². The minimum atomic E-state index is -0.374. The summed E-state index contributed by atoms with van der Waals surface area (Å²) in [6, 6.07) is 13.5. The molecule has 2 fully saturated rings. The zero-order valence-electron chi connectivity index (χ0n) is 18.3. The summed E-state index contributed by atoms with van der Waals surface area (Å²) in [7, 11) is 0. The highest BCUT2D eigenvalue weighted by Crippen LogP contribution is 2.34. The second kappa shape index (κ2) is 10.6. The van der Waals surface area contributed by atoms with E-state index in [1.165, 1.54) is 12.8 Å². The van der Waals surface area contributed by atoms with Gasteiger partial charge >= 0.3 is 0 Å². The fourth-order valence-corrected chi connectivity index (χ4v) is 5.20. The number of piperidine rings is 2. The lowest BCUT2D eigenvalue weighted by atomic mass is 9.87. The SMILES string of the molecule is O=C(c1ccc(Cl)cc1)[C@@H]([C@H](c1ccc([N+](=O)[O-])cc1)N1CCCCC1)N1CCCCC1. The van der Waals surface area contributed by atoms with Gasteiger partial charge in [-0.1, -0.05) is 36.6 Å². The number of hydrogen-bond donors (Lipinski definition) is 0. The third-order valence-corrected chi connectivity index (χ3v) is 6.96. The highest BCUT2D eigenvalue weighted by Gasteiger charge is 2.39. The zero-order chi connectivity index (χ0) is 22.5. The molecule has 2 atom stereocenters. The van der Waals surface area contributed by atoms with Crippen molar-refractivity contribution in [2.45, 2.75) is 50.6 Å². The van der Waals surface area contributed by atoms with Crippen LogP contribution in [0, 0.1) is 10.1 Å². The Hall–Kier alpha value is -2.28. The number of hydrogen-bond acceptors (Lipinski definition) is 5. The van der Waals surface area contributed by atoms with Gasteiger partial charge in [0, 0.05) is 22.7 Å². The first-order valence-corrected chi connectivity index (χ1v) is 11.9. The predicted octanol–water partition coefficient (Wildman–Crippen LogP) is 5.51. The molecule has 6 nitrogen and oxygen atoms in total. The molecule has 0 N–H and O–H groups in total. The average molecular weight is 456 g/mol. The van der Waals surface area contributed by atoms with Crippen LogP contribution in [0.1, 0.15) is 60.5 Å². The fraction of sp³-hybridized carbons (Fsp3) is 0.480. The Labute approximate surface area is 194 Å². The van der Waals surface area contributed by atoms with Crippen molar-refractivity contribution in [3.8, 4) is 0 Å². The van der Waals surface area contributed by atoms with Crippen LogP contribution in [0.5, 0.6) is 0 Å². The molecule has 2 saturated heterocycles. The summed E-state index contributed by atoms with van der Waals surface area (Å²) in [5, 5.41) is 11.8. The molecule has 2 aliphatic rings. The summed E-state index contributed by atoms with van der Waals surface area (Å²) >= 11 is 6.08. The van der Waals surface area contributed by atoms with Gasteiger partial charge in [-0.05, 0) is 81.7 Å². The molecule has 170 valence electrons. The van der Waals surface area contributed by atoms with Crippen molar-refractivity contribution in [2.24, 2.45) is 0 Å². The van der Waals surface area contributed by atoms with E-state index >= 15 is 0 Å². The molecule has 2 aromatic carbocycles. The van der Waals surface area contributed by atoms with Gasteiger partial charge in [0.25, 0.3) is 5.69 Å². The van der Waals surface area contributed by atoms with Gasteiger partial charge in [-0.3, -0.25) is 24.7 Å². The molecule has 2 heterocycles. The lowest BCUT2D eigenvalue weighted by Crippen LogP contribution is -2.53. The average Bonchev–Trinajstić information content (AvgIpc) is 2.84. The number of non-ortho nitro benzene ring substituents is 1. The van der Waals surface area contributed by atoms with Gasteiger partial charge in [0.1, 0.15) is 0 Å². The number of ketones is 1. The minimum absolute atomic E-state index is 0.0738. The number of rotatable bonds is 7. The summed E-state index contributed by atoms with van der Waals surface area (Å²) in [6.07, 6.45) is 6.75. The van der Waals surface area contributed by atoms with E-state index in [2.05, 4.69) is 9.80 Å². The monoisotopic (exact) mass is 455 g/mol. The van der Waals surface area contributed by atoms with Gasteiger partial charge in [-0.15, -0.1) is 0 Å². The van der Waals surface area contributed by atoms with Crippen molar-refractivity contribution in [1.29, 1.82) is 0 Å². The van der Waals surface area contributed by atoms with Crippen LogP contribution in [0.2, 0.25) is 5.02 Å². The summed E-state index contributed by atoms with van der Waals surface area (Å²) in [4.78, 5) is 29.6. The van der Waals surface area contributed by atoms with Crippen LogP contribution in [0.4, 0.5) is 5.69 Å². The van der Waals surface area contributed by atoms with Crippen molar-refractivity contribution < 1.29 is 9.72 Å². The number of Topliss-reactive ketones (excluding diaryl/α,β-unsaturated/α-hetero) is 1. The zero-order valence-corrected chi connectivity index (χ0v) is 19.0. The first-order valence-electron chi connectivity index (χ1n) is 11.6. The molecule has 0 amide bonds. The highest BCUT2D eigenvalue weighted by molar-refractivity contribution is 6.30. The Morgan fingerprint density at radius 1 is 0.812 bits per heavy atom. The Bertz CT molecular complexity index is 920. The van der Waals surface area contributed by atoms with Gasteiger partial charge in [-0.25, -0.2) is 0 Å². The lowest BCUT2D eigenvalue weighted by Gasteiger charge is -2.44. The fourth-order valence-electron chi connectivity index (χ4n) is 5.07. The van der Waals surface area contributed by atoms with Crippen molar-refractivity contribution >= 4 is 23.1 Å². The van der Waals surface area contributed by atoms with Crippen LogP contribution < -0.4 is 0 Å². The van der Waals surface area contributed by atoms with E-state index < -0.39 is 0 Å². The Morgan fingerprint density at radius 2 is 1.34 bits per heavy atom. The number of nitro groups is 1. The number of nitro benzene ring substituents is 1. The lowest BCUT2D eigenvalue weighted by molar-refractivity contribution is -0.384. The molecule has 0 unspecified atom stereocenters. The maximum atomic E-state index is 14.0. The Balaban J connectivity index is 1.76. The van der Waals surface area contributed by atoms with Gasteiger partial charge in [-0.2, -0.15) is 0 Å². The molecule has 0 aliphatic carbocycles. The normalized spacial score (nSPS) is 19.9. The van der Waals surface area contributed by atoms with Crippen molar-refractivity contribution in [1.82, 2.24) is 9.80 Å². The van der Waals surface area contributed by atoms with E-state index in [0.29, 0.717) is 10.6 Å². The maximum Gasteiger partial charge on any atom is 0.269 e. The van der Waals surface area contributed by atoms with Gasteiger partial charge in [0.2, 0.25) is 0 Å². The molecule has 0 radical (unpaired) electrons. The summed E-state index contributed by atoms with van der Waals surface area (Å²) < 4.78 is 0. The van der Waals surface area contributed by atoms with E-state index in [-0.39, 0.29) is 28.5 Å². The minimum Gasteiger partial charge on any atom is -0.294 e. The van der Waals surface area contributed by atoms with Crippen LogP contribution in [0.25, 0.3) is 0 Å². The van der Waals surface area contributed by atoms with Crippen LogP contribution in [-0.4, -0.2) is 52.7 Å². The molecule has 0 spiro atoms. The summed E-state index contributed by atoms with van der Waals surface area (Å²) in [5.41, 5.74) is 1.70. The number of benzene rings is 2. The largest absolute Gasteiger partial charge is 0.294 e. The number of carbonyl (C=O) groups excluding carboxylic acids is 1. The first-order chi connectivity index (χ1) is 15.5. The smallest absolute Gasteiger partial charge is 0.269 e. The van der Waals surface area contributed by atoms with Crippen LogP contribution in [0.3, 0.4) is 0 Å².